The van der Waals surface area contributed by atoms with Gasteiger partial charge in [-0.3, -0.25) is 9.59 Å². The summed E-state index contributed by atoms with van der Waals surface area (Å²) in [6.45, 7) is -0.338. The molecule has 0 unspecified atom stereocenters. The number of aliphatic carboxylic acids is 1. The fourth-order valence-corrected chi connectivity index (χ4v) is 3.25. The predicted molar refractivity (Wildman–Crippen MR) is 120 cm³/mol. The van der Waals surface area contributed by atoms with Crippen LogP contribution < -0.4 is 10.6 Å². The third kappa shape index (κ3) is 12.8. The van der Waals surface area contributed by atoms with Crippen molar-refractivity contribution in [3.63, 3.8) is 0 Å². The number of ether oxygens (including phenoxy) is 2. The van der Waals surface area contributed by atoms with Crippen molar-refractivity contribution in [3.8, 4) is 0 Å². The molecule has 15 heteroatoms. The lowest BCUT2D eigenvalue weighted by Gasteiger charge is -2.16. The number of rotatable bonds is 16. The van der Waals surface area contributed by atoms with Gasteiger partial charge in [0.25, 0.3) is 5.09 Å². The summed E-state index contributed by atoms with van der Waals surface area (Å²) in [5.41, 5.74) is 1.08. The highest BCUT2D eigenvalue weighted by Crippen LogP contribution is 2.09. The van der Waals surface area contributed by atoms with Gasteiger partial charge in [0.05, 0.1) is 12.9 Å². The Bertz CT molecular complexity index is 908. The molecule has 1 aromatic rings. The summed E-state index contributed by atoms with van der Waals surface area (Å²) in [4.78, 5) is 72.5. The first-order valence-corrected chi connectivity index (χ1v) is 11.2. The van der Waals surface area contributed by atoms with Gasteiger partial charge in [-0.2, -0.15) is 11.8 Å². The van der Waals surface area contributed by atoms with Crippen LogP contribution in [-0.4, -0.2) is 71.1 Å². The molecule has 35 heavy (non-hydrogen) atoms. The van der Waals surface area contributed by atoms with Gasteiger partial charge in [-0.15, -0.1) is 10.1 Å². The number of nitrogens with one attached hydrogen (secondary N) is 2. The second-order valence-corrected chi connectivity index (χ2v) is 7.83. The molecule has 0 aromatic heterocycles. The van der Waals surface area contributed by atoms with E-state index in [4.69, 9.17) is 9.84 Å². The van der Waals surface area contributed by atoms with E-state index in [1.807, 2.05) is 0 Å². The van der Waals surface area contributed by atoms with Crippen LogP contribution in [0.3, 0.4) is 0 Å². The lowest BCUT2D eigenvalue weighted by Crippen LogP contribution is -2.48. The van der Waals surface area contributed by atoms with Gasteiger partial charge in [-0.25, -0.2) is 14.4 Å². The first-order chi connectivity index (χ1) is 16.6. The number of hydrogen-bond donors (Lipinski definition) is 3. The minimum Gasteiger partial charge on any atom is -0.481 e. The summed E-state index contributed by atoms with van der Waals surface area (Å²) in [6, 6.07) is 4.40. The largest absolute Gasteiger partial charge is 0.481 e. The summed E-state index contributed by atoms with van der Waals surface area (Å²) in [5, 5.41) is 22.6. The van der Waals surface area contributed by atoms with Gasteiger partial charge in [0.2, 0.25) is 5.78 Å². The highest BCUT2D eigenvalue weighted by atomic mass is 32.2. The summed E-state index contributed by atoms with van der Waals surface area (Å²) in [7, 11) is 1.12. The quantitative estimate of drug-likeness (QED) is 0.0903. The molecule has 0 saturated carbocycles. The minimum atomic E-state index is -1.11. The number of methoxy groups -OCH3 is 1. The summed E-state index contributed by atoms with van der Waals surface area (Å²) >= 11 is 0.907. The molecule has 2 amide bonds. The fourth-order valence-electron chi connectivity index (χ4n) is 2.38. The molecule has 192 valence electrons. The second kappa shape index (κ2) is 15.9. The molecule has 3 N–H and O–H groups in total. The molecular formula is C20H25N3O11S. The number of thioether (sulfide) groups is 1. The van der Waals surface area contributed by atoms with Crippen LogP contribution in [0.1, 0.15) is 24.0 Å². The van der Waals surface area contributed by atoms with E-state index in [1.165, 1.54) is 0 Å². The topological polar surface area (TPSA) is 200 Å². The maximum atomic E-state index is 12.0. The molecule has 0 aliphatic heterocycles. The molecule has 1 atom stereocenters. The van der Waals surface area contributed by atoms with Crippen molar-refractivity contribution in [2.45, 2.75) is 32.1 Å². The summed E-state index contributed by atoms with van der Waals surface area (Å²) < 4.78 is 9.54. The molecule has 0 bridgehead atoms. The van der Waals surface area contributed by atoms with Crippen LogP contribution in [0, 0.1) is 10.1 Å². The van der Waals surface area contributed by atoms with E-state index in [9.17, 15) is 34.1 Å². The van der Waals surface area contributed by atoms with Gasteiger partial charge in [-0.05, 0) is 17.5 Å². The number of carboxylic acids is 1. The maximum absolute atomic E-state index is 12.0. The standard InChI is InChI=1S/C20H25N3O11S/c1-32-18(27)15(22-20(29)21-8-2-3-17(25)26)11-35-12-16(24)19(28)33-9-13-4-6-14(7-5-13)10-34-23(30)31/h4-7,15H,2-3,8-12H2,1H3,(H,25,26)(H2,21,22,29)/t15-/m0/s1. The van der Waals surface area contributed by atoms with Gasteiger partial charge < -0.3 is 30.1 Å². The Morgan fingerprint density at radius 1 is 1.11 bits per heavy atom. The van der Waals surface area contributed by atoms with E-state index in [0.717, 1.165) is 18.9 Å². The van der Waals surface area contributed by atoms with E-state index in [2.05, 4.69) is 20.2 Å². The second-order valence-electron chi connectivity index (χ2n) is 6.80. The zero-order valence-electron chi connectivity index (χ0n) is 18.7. The molecule has 1 rings (SSSR count). The highest BCUT2D eigenvalue weighted by molar-refractivity contribution is 8.00. The van der Waals surface area contributed by atoms with Gasteiger partial charge in [0.1, 0.15) is 19.3 Å². The molecule has 0 fully saturated rings. The average Bonchev–Trinajstić information content (AvgIpc) is 2.83. The predicted octanol–water partition coefficient (Wildman–Crippen LogP) is 0.446. The Balaban J connectivity index is 2.40. The highest BCUT2D eigenvalue weighted by Gasteiger charge is 2.23. The zero-order chi connectivity index (χ0) is 26.2. The number of hydrogen-bond acceptors (Lipinski definition) is 11. The Kier molecular flexibility index (Phi) is 13.2. The molecule has 1 aromatic carbocycles. The monoisotopic (exact) mass is 515 g/mol. The SMILES string of the molecule is COC(=O)[C@H](CSCC(=O)C(=O)OCc1ccc(CO[N+](=O)[O-])cc1)NC(=O)NCCCC(=O)O. The van der Waals surface area contributed by atoms with Crippen molar-refractivity contribution in [1.82, 2.24) is 10.6 Å². The third-order valence-electron chi connectivity index (χ3n) is 4.12. The minimum absolute atomic E-state index is 0.0675. The Morgan fingerprint density at radius 2 is 1.74 bits per heavy atom. The number of carbonyl (C=O) groups is 5. The number of amides is 2. The maximum Gasteiger partial charge on any atom is 0.375 e. The molecule has 14 nitrogen and oxygen atoms in total. The van der Waals surface area contributed by atoms with Crippen molar-refractivity contribution in [2.24, 2.45) is 0 Å². The number of ketones is 1. The smallest absolute Gasteiger partial charge is 0.375 e. The van der Waals surface area contributed by atoms with E-state index in [1.54, 1.807) is 24.3 Å². The lowest BCUT2D eigenvalue weighted by atomic mass is 10.1. The number of urea groups is 1. The van der Waals surface area contributed by atoms with Crippen LogP contribution in [0.15, 0.2) is 24.3 Å². The van der Waals surface area contributed by atoms with Crippen LogP contribution in [0.5, 0.6) is 0 Å². The number of nitrogens with zero attached hydrogens (tertiary/aromatic N) is 1. The summed E-state index contributed by atoms with van der Waals surface area (Å²) in [6.07, 6.45) is 0.0795. The van der Waals surface area contributed by atoms with Crippen molar-refractivity contribution in [3.05, 3.63) is 45.5 Å². The zero-order valence-corrected chi connectivity index (χ0v) is 19.5. The van der Waals surface area contributed by atoms with Crippen molar-refractivity contribution < 1.29 is 48.5 Å². The van der Waals surface area contributed by atoms with Crippen LogP contribution in [-0.2, 0) is 46.7 Å². The molecular weight excluding hydrogens is 490 g/mol. The molecule has 0 saturated heterocycles. The van der Waals surface area contributed by atoms with Gasteiger partial charge in [0.15, 0.2) is 0 Å². The molecule has 0 heterocycles. The lowest BCUT2D eigenvalue weighted by molar-refractivity contribution is -0.763. The number of benzene rings is 1. The summed E-state index contributed by atoms with van der Waals surface area (Å²) in [5.74, 6) is -4.09. The van der Waals surface area contributed by atoms with Crippen molar-refractivity contribution in [1.29, 1.82) is 0 Å². The fraction of sp³-hybridized carbons (Fsp3) is 0.450. The van der Waals surface area contributed by atoms with Crippen LogP contribution in [0.2, 0.25) is 0 Å². The Labute approximate surface area is 203 Å². The molecule has 0 aliphatic rings. The van der Waals surface area contributed by atoms with E-state index in [0.29, 0.717) is 11.1 Å². The number of esters is 2. The van der Waals surface area contributed by atoms with Crippen molar-refractivity contribution >= 4 is 41.5 Å². The van der Waals surface area contributed by atoms with E-state index >= 15 is 0 Å². The normalized spacial score (nSPS) is 11.0. The van der Waals surface area contributed by atoms with Crippen LogP contribution in [0.25, 0.3) is 0 Å². The van der Waals surface area contributed by atoms with Crippen molar-refractivity contribution in [2.75, 3.05) is 25.2 Å². The Morgan fingerprint density at radius 3 is 2.31 bits per heavy atom. The molecule has 0 aliphatic carbocycles. The average molecular weight is 515 g/mol. The van der Waals surface area contributed by atoms with E-state index in [-0.39, 0.29) is 44.1 Å². The number of carbonyl (C=O) groups excluding carboxylic acids is 4. The van der Waals surface area contributed by atoms with Gasteiger partial charge >= 0.3 is 23.9 Å². The van der Waals surface area contributed by atoms with Gasteiger partial charge in [-0.1, -0.05) is 24.3 Å². The Hall–Kier alpha value is -3.88. The first-order valence-electron chi connectivity index (χ1n) is 10.1. The third-order valence-corrected chi connectivity index (χ3v) is 5.15. The number of carboxylic acid groups (broad SMARTS) is 1. The first kappa shape index (κ1) is 29.2. The molecule has 0 radical (unpaired) electrons. The van der Waals surface area contributed by atoms with E-state index < -0.39 is 40.9 Å². The molecule has 0 spiro atoms. The number of Topliss-reactive ketones (excluding diaryl/α,β-unsaturated/α-hetero) is 1. The van der Waals surface area contributed by atoms with Crippen LogP contribution >= 0.6 is 11.8 Å². The van der Waals surface area contributed by atoms with Crippen LogP contribution in [0.4, 0.5) is 4.79 Å². The van der Waals surface area contributed by atoms with Gasteiger partial charge in [0, 0.05) is 18.7 Å².